The quantitative estimate of drug-likeness (QED) is 0.834. The maximum atomic E-state index is 11.6. The second kappa shape index (κ2) is 4.94. The zero-order valence-corrected chi connectivity index (χ0v) is 11.7. The summed E-state index contributed by atoms with van der Waals surface area (Å²) in [6, 6.07) is 1.85. The zero-order chi connectivity index (χ0) is 14.1. The summed E-state index contributed by atoms with van der Waals surface area (Å²) in [4.78, 5) is 17.9. The van der Waals surface area contributed by atoms with Gasteiger partial charge >= 0.3 is 0 Å². The molecule has 0 fully saturated rings. The summed E-state index contributed by atoms with van der Waals surface area (Å²) in [6.07, 6.45) is 0. The number of nitrogens with two attached hydrogens (primary N) is 2. The third-order valence-electron chi connectivity index (χ3n) is 3.30. The van der Waals surface area contributed by atoms with E-state index in [2.05, 4.69) is 4.98 Å². The highest BCUT2D eigenvalue weighted by molar-refractivity contribution is 5.99. The van der Waals surface area contributed by atoms with Gasteiger partial charge in [-0.3, -0.25) is 4.79 Å². The van der Waals surface area contributed by atoms with Crippen molar-refractivity contribution in [3.63, 3.8) is 0 Å². The highest BCUT2D eigenvalue weighted by Crippen LogP contribution is 2.26. The second-order valence-corrected chi connectivity index (χ2v) is 5.22. The van der Waals surface area contributed by atoms with Crippen molar-refractivity contribution in [2.45, 2.75) is 33.2 Å². The van der Waals surface area contributed by atoms with Gasteiger partial charge in [0.15, 0.2) is 0 Å². The Morgan fingerprint density at radius 2 is 2.00 bits per heavy atom. The average Bonchev–Trinajstić information content (AvgIpc) is 2.26. The summed E-state index contributed by atoms with van der Waals surface area (Å²) in [5.74, 6) is 0.130. The normalized spacial score (nSPS) is 11.4. The summed E-state index contributed by atoms with van der Waals surface area (Å²) in [7, 11) is 1.88. The summed E-state index contributed by atoms with van der Waals surface area (Å²) in [6.45, 7) is 8.21. The number of carbonyl (C=O) groups excluding carboxylic acids is 1. The topological polar surface area (TPSA) is 85.2 Å². The molecule has 0 aliphatic carbocycles. The lowest BCUT2D eigenvalue weighted by atomic mass is 10.0. The van der Waals surface area contributed by atoms with Crippen LogP contribution in [0.25, 0.3) is 0 Å². The van der Waals surface area contributed by atoms with E-state index in [1.807, 2.05) is 45.7 Å². The second-order valence-electron chi connectivity index (χ2n) is 5.22. The van der Waals surface area contributed by atoms with E-state index in [1.165, 1.54) is 0 Å². The van der Waals surface area contributed by atoms with E-state index in [-0.39, 0.29) is 5.54 Å². The number of carbonyl (C=O) groups is 1. The van der Waals surface area contributed by atoms with Crippen LogP contribution in [0.15, 0.2) is 6.07 Å². The Balaban J connectivity index is 3.44. The van der Waals surface area contributed by atoms with Crippen molar-refractivity contribution in [2.75, 3.05) is 18.5 Å². The lowest BCUT2D eigenvalue weighted by Crippen LogP contribution is -2.48. The Morgan fingerprint density at radius 3 is 2.44 bits per heavy atom. The molecule has 0 aliphatic heterocycles. The molecule has 0 aromatic carbocycles. The molecule has 1 amide bonds. The summed E-state index contributed by atoms with van der Waals surface area (Å²) < 4.78 is 0. The van der Waals surface area contributed by atoms with Crippen molar-refractivity contribution in [3.05, 3.63) is 22.9 Å². The number of aryl methyl sites for hydroxylation is 2. The van der Waals surface area contributed by atoms with Gasteiger partial charge in [-0.25, -0.2) is 4.98 Å². The molecule has 18 heavy (non-hydrogen) atoms. The van der Waals surface area contributed by atoms with Crippen molar-refractivity contribution < 1.29 is 4.79 Å². The summed E-state index contributed by atoms with van der Waals surface area (Å²) in [5.41, 5.74) is 13.1. The molecule has 0 saturated carbocycles. The Hall–Kier alpha value is -1.62. The van der Waals surface area contributed by atoms with Gasteiger partial charge in [-0.1, -0.05) is 0 Å². The highest BCUT2D eigenvalue weighted by atomic mass is 16.1. The van der Waals surface area contributed by atoms with E-state index in [1.54, 1.807) is 0 Å². The first-order valence-corrected chi connectivity index (χ1v) is 5.92. The number of rotatable bonds is 4. The molecule has 0 saturated heterocycles. The SMILES string of the molecule is Cc1cc(C)c(C(N)=O)c(N(C)C(C)(C)CN)n1. The van der Waals surface area contributed by atoms with Crippen LogP contribution in [0.2, 0.25) is 0 Å². The fraction of sp³-hybridized carbons (Fsp3) is 0.538. The van der Waals surface area contributed by atoms with Gasteiger partial charge in [0.25, 0.3) is 5.91 Å². The average molecular weight is 250 g/mol. The fourth-order valence-electron chi connectivity index (χ4n) is 1.79. The predicted octanol–water partition coefficient (Wildman–Crippen LogP) is 0.971. The molecule has 1 aromatic rings. The van der Waals surface area contributed by atoms with E-state index in [9.17, 15) is 4.79 Å². The van der Waals surface area contributed by atoms with Gasteiger partial charge in [-0.2, -0.15) is 0 Å². The van der Waals surface area contributed by atoms with Gasteiger partial charge in [-0.05, 0) is 39.3 Å². The first-order chi connectivity index (χ1) is 8.20. The molecular formula is C13H22N4O. The van der Waals surface area contributed by atoms with Crippen LogP contribution in [-0.2, 0) is 0 Å². The maximum Gasteiger partial charge on any atom is 0.252 e. The molecule has 0 atom stereocenters. The van der Waals surface area contributed by atoms with Crippen LogP contribution >= 0.6 is 0 Å². The van der Waals surface area contributed by atoms with Crippen molar-refractivity contribution >= 4 is 11.7 Å². The molecule has 4 N–H and O–H groups in total. The van der Waals surface area contributed by atoms with Crippen molar-refractivity contribution in [1.29, 1.82) is 0 Å². The number of hydrogen-bond donors (Lipinski definition) is 2. The number of nitrogens with zero attached hydrogens (tertiary/aromatic N) is 2. The Kier molecular flexibility index (Phi) is 3.96. The van der Waals surface area contributed by atoms with Crippen molar-refractivity contribution in [1.82, 2.24) is 4.98 Å². The molecule has 100 valence electrons. The van der Waals surface area contributed by atoms with Crippen molar-refractivity contribution in [2.24, 2.45) is 11.5 Å². The molecule has 5 nitrogen and oxygen atoms in total. The van der Waals surface area contributed by atoms with Gasteiger partial charge in [0, 0.05) is 24.8 Å². The largest absolute Gasteiger partial charge is 0.365 e. The maximum absolute atomic E-state index is 11.6. The molecule has 0 spiro atoms. The number of hydrogen-bond acceptors (Lipinski definition) is 4. The third kappa shape index (κ3) is 2.61. The molecule has 0 radical (unpaired) electrons. The molecule has 1 aromatic heterocycles. The predicted molar refractivity (Wildman–Crippen MR) is 73.8 cm³/mol. The van der Waals surface area contributed by atoms with Gasteiger partial charge in [-0.15, -0.1) is 0 Å². The summed E-state index contributed by atoms with van der Waals surface area (Å²) in [5, 5.41) is 0. The first-order valence-electron chi connectivity index (χ1n) is 5.92. The Morgan fingerprint density at radius 1 is 1.44 bits per heavy atom. The Labute approximate surface area is 108 Å². The van der Waals surface area contributed by atoms with E-state index in [4.69, 9.17) is 11.5 Å². The van der Waals surface area contributed by atoms with Gasteiger partial charge in [0.05, 0.1) is 5.56 Å². The number of anilines is 1. The number of primary amides is 1. The van der Waals surface area contributed by atoms with Crippen molar-refractivity contribution in [3.8, 4) is 0 Å². The number of aromatic nitrogens is 1. The van der Waals surface area contributed by atoms with E-state index in [0.29, 0.717) is 17.9 Å². The lowest BCUT2D eigenvalue weighted by molar-refractivity contribution is 0.0999. The zero-order valence-electron chi connectivity index (χ0n) is 11.7. The monoisotopic (exact) mass is 250 g/mol. The molecule has 0 aliphatic rings. The summed E-state index contributed by atoms with van der Waals surface area (Å²) >= 11 is 0. The van der Waals surface area contributed by atoms with Crippen LogP contribution < -0.4 is 16.4 Å². The minimum atomic E-state index is -0.463. The molecule has 0 bridgehead atoms. The molecular weight excluding hydrogens is 228 g/mol. The molecule has 5 heteroatoms. The van der Waals surface area contributed by atoms with Gasteiger partial charge in [0.1, 0.15) is 5.82 Å². The standard InChI is InChI=1S/C13H22N4O/c1-8-6-9(2)16-12(10(8)11(15)18)17(5)13(3,4)7-14/h6H,7,14H2,1-5H3,(H2,15,18). The van der Waals surface area contributed by atoms with E-state index in [0.717, 1.165) is 11.3 Å². The minimum absolute atomic E-state index is 0.294. The fourth-order valence-corrected chi connectivity index (χ4v) is 1.79. The van der Waals surface area contributed by atoms with Gasteiger partial charge < -0.3 is 16.4 Å². The van der Waals surface area contributed by atoms with Gasteiger partial charge in [0.2, 0.25) is 0 Å². The first kappa shape index (κ1) is 14.4. The van der Waals surface area contributed by atoms with Crippen LogP contribution in [0.3, 0.4) is 0 Å². The number of pyridine rings is 1. The number of amides is 1. The highest BCUT2D eigenvalue weighted by Gasteiger charge is 2.27. The molecule has 1 heterocycles. The molecule has 0 unspecified atom stereocenters. The van der Waals surface area contributed by atoms with E-state index >= 15 is 0 Å². The van der Waals surface area contributed by atoms with Crippen LogP contribution in [0.4, 0.5) is 5.82 Å². The van der Waals surface area contributed by atoms with Crippen LogP contribution in [0.1, 0.15) is 35.5 Å². The van der Waals surface area contributed by atoms with Crippen LogP contribution in [0.5, 0.6) is 0 Å². The van der Waals surface area contributed by atoms with E-state index < -0.39 is 5.91 Å². The molecule has 1 rings (SSSR count). The smallest absolute Gasteiger partial charge is 0.252 e. The lowest BCUT2D eigenvalue weighted by Gasteiger charge is -2.36. The minimum Gasteiger partial charge on any atom is -0.365 e. The van der Waals surface area contributed by atoms with Crippen LogP contribution in [0, 0.1) is 13.8 Å². The third-order valence-corrected chi connectivity index (χ3v) is 3.30. The Bertz CT molecular complexity index is 468. The van der Waals surface area contributed by atoms with Crippen LogP contribution in [-0.4, -0.2) is 30.0 Å². The number of likely N-dealkylation sites (N-methyl/N-ethyl adjacent to an activating group) is 1.